The molecule has 0 saturated carbocycles. The van der Waals surface area contributed by atoms with Crippen LogP contribution in [0.4, 0.5) is 5.69 Å². The molecule has 2 aliphatic rings. The monoisotopic (exact) mass is 433 g/mol. The SMILES string of the molecule is CC[C@@]1(O)C(=O)OCc2c1cc1n(c2=O)Cc2cc3c(N)ccc(CCC(C)=O)c3nc2-1. The zero-order chi connectivity index (χ0) is 22.8. The molecule has 0 bridgehead atoms. The normalized spacial score (nSPS) is 18.8. The molecule has 0 saturated heterocycles. The number of cyclic esters (lactones) is 1. The van der Waals surface area contributed by atoms with Gasteiger partial charge in [-0.15, -0.1) is 0 Å². The number of nitrogens with zero attached hydrogens (tertiary/aromatic N) is 2. The first-order valence-electron chi connectivity index (χ1n) is 10.6. The van der Waals surface area contributed by atoms with Gasteiger partial charge in [-0.25, -0.2) is 9.78 Å². The highest BCUT2D eigenvalue weighted by Gasteiger charge is 2.45. The summed E-state index contributed by atoms with van der Waals surface area (Å²) in [4.78, 5) is 42.0. The second-order valence-corrected chi connectivity index (χ2v) is 8.51. The third kappa shape index (κ3) is 2.79. The van der Waals surface area contributed by atoms with Crippen molar-refractivity contribution in [1.82, 2.24) is 9.55 Å². The Kier molecular flexibility index (Phi) is 4.46. The van der Waals surface area contributed by atoms with E-state index in [-0.39, 0.29) is 35.5 Å². The van der Waals surface area contributed by atoms with Crippen LogP contribution in [0.3, 0.4) is 0 Å². The smallest absolute Gasteiger partial charge is 0.343 e. The lowest BCUT2D eigenvalue weighted by Gasteiger charge is -2.31. The molecule has 0 spiro atoms. The molecule has 0 fully saturated rings. The second kappa shape index (κ2) is 7.00. The van der Waals surface area contributed by atoms with Gasteiger partial charge in [0.05, 0.1) is 29.0 Å². The third-order valence-electron chi connectivity index (χ3n) is 6.54. The number of carbonyl (C=O) groups excluding carboxylic acids is 2. The fourth-order valence-electron chi connectivity index (χ4n) is 4.66. The van der Waals surface area contributed by atoms with Crippen LogP contribution in [0.15, 0.2) is 29.1 Å². The van der Waals surface area contributed by atoms with E-state index in [2.05, 4.69) is 0 Å². The Hall–Kier alpha value is -3.52. The standard InChI is InChI=1S/C24H23N3O5/c1-3-24(31)17-9-19-21-14(10-27(19)22(29)16(17)11-32-23(24)30)8-15-18(25)7-6-13(20(15)26-21)5-4-12(2)28/h6-9,31H,3-5,10-11,25H2,1-2H3/t24-/m0/s1. The van der Waals surface area contributed by atoms with Crippen molar-refractivity contribution >= 4 is 28.3 Å². The van der Waals surface area contributed by atoms with Crippen molar-refractivity contribution in [1.29, 1.82) is 0 Å². The molecule has 8 nitrogen and oxygen atoms in total. The van der Waals surface area contributed by atoms with Crippen molar-refractivity contribution in [2.24, 2.45) is 0 Å². The molecule has 0 radical (unpaired) electrons. The van der Waals surface area contributed by atoms with E-state index in [0.29, 0.717) is 42.0 Å². The number of hydrogen-bond acceptors (Lipinski definition) is 7. The summed E-state index contributed by atoms with van der Waals surface area (Å²) < 4.78 is 6.70. The molecular formula is C24H23N3O5. The van der Waals surface area contributed by atoms with Crippen LogP contribution < -0.4 is 11.3 Å². The summed E-state index contributed by atoms with van der Waals surface area (Å²) in [6.45, 7) is 3.38. The van der Waals surface area contributed by atoms with Gasteiger partial charge >= 0.3 is 5.97 Å². The fourth-order valence-corrected chi connectivity index (χ4v) is 4.66. The first-order valence-corrected chi connectivity index (χ1v) is 10.6. The number of aliphatic hydroxyl groups is 1. The van der Waals surface area contributed by atoms with Crippen LogP contribution in [0.2, 0.25) is 0 Å². The van der Waals surface area contributed by atoms with E-state index in [4.69, 9.17) is 15.5 Å². The highest BCUT2D eigenvalue weighted by molar-refractivity contribution is 5.95. The molecule has 0 amide bonds. The van der Waals surface area contributed by atoms with Crippen molar-refractivity contribution in [3.8, 4) is 11.4 Å². The number of aryl methyl sites for hydroxylation is 1. The second-order valence-electron chi connectivity index (χ2n) is 8.51. The molecular weight excluding hydrogens is 410 g/mol. The average Bonchev–Trinajstić information content (AvgIpc) is 3.13. The largest absolute Gasteiger partial charge is 0.458 e. The van der Waals surface area contributed by atoms with Gasteiger partial charge in [-0.2, -0.15) is 0 Å². The van der Waals surface area contributed by atoms with Crippen LogP contribution in [0.1, 0.15) is 48.9 Å². The molecule has 2 aromatic heterocycles. The van der Waals surface area contributed by atoms with Crippen molar-refractivity contribution in [3.63, 3.8) is 0 Å². The van der Waals surface area contributed by atoms with E-state index in [1.165, 1.54) is 0 Å². The zero-order valence-electron chi connectivity index (χ0n) is 17.9. The van der Waals surface area contributed by atoms with E-state index in [1.807, 2.05) is 18.2 Å². The van der Waals surface area contributed by atoms with Crippen LogP contribution in [0, 0.1) is 0 Å². The van der Waals surface area contributed by atoms with Gasteiger partial charge < -0.3 is 24.9 Å². The van der Waals surface area contributed by atoms with E-state index >= 15 is 0 Å². The highest BCUT2D eigenvalue weighted by atomic mass is 16.6. The third-order valence-corrected chi connectivity index (χ3v) is 6.54. The number of Topliss-reactive ketones (excluding diaryl/α,β-unsaturated/α-hetero) is 1. The van der Waals surface area contributed by atoms with Gasteiger partial charge in [0.1, 0.15) is 12.4 Å². The average molecular weight is 433 g/mol. The Balaban J connectivity index is 1.74. The van der Waals surface area contributed by atoms with E-state index < -0.39 is 11.6 Å². The maximum Gasteiger partial charge on any atom is 0.343 e. The van der Waals surface area contributed by atoms with Gasteiger partial charge in [-0.3, -0.25) is 4.79 Å². The summed E-state index contributed by atoms with van der Waals surface area (Å²) in [7, 11) is 0. The number of ether oxygens (including phenoxy) is 1. The summed E-state index contributed by atoms with van der Waals surface area (Å²) in [5.74, 6) is -0.661. The highest BCUT2D eigenvalue weighted by Crippen LogP contribution is 2.39. The lowest BCUT2D eigenvalue weighted by molar-refractivity contribution is -0.172. The van der Waals surface area contributed by atoms with Crippen molar-refractivity contribution < 1.29 is 19.4 Å². The molecule has 3 aromatic rings. The summed E-state index contributed by atoms with van der Waals surface area (Å²) in [6, 6.07) is 7.31. The Labute approximate surface area is 183 Å². The summed E-state index contributed by atoms with van der Waals surface area (Å²) in [5.41, 5.74) is 8.78. The number of hydrogen-bond donors (Lipinski definition) is 2. The van der Waals surface area contributed by atoms with Crippen molar-refractivity contribution in [2.45, 2.75) is 51.9 Å². The van der Waals surface area contributed by atoms with Gasteiger partial charge in [0.25, 0.3) is 5.56 Å². The van der Waals surface area contributed by atoms with E-state index in [0.717, 1.165) is 16.5 Å². The number of ketones is 1. The molecule has 0 aliphatic carbocycles. The number of carbonyl (C=O) groups is 2. The molecule has 5 rings (SSSR count). The number of fused-ring (bicyclic) bond motifs is 5. The Bertz CT molecular complexity index is 1390. The summed E-state index contributed by atoms with van der Waals surface area (Å²) >= 11 is 0. The minimum atomic E-state index is -1.86. The van der Waals surface area contributed by atoms with Crippen LogP contribution >= 0.6 is 0 Å². The van der Waals surface area contributed by atoms with Crippen LogP contribution in [0.25, 0.3) is 22.3 Å². The molecule has 32 heavy (non-hydrogen) atoms. The molecule has 164 valence electrons. The predicted molar refractivity (Wildman–Crippen MR) is 118 cm³/mol. The number of nitrogens with two attached hydrogens (primary N) is 1. The Morgan fingerprint density at radius 2 is 2.09 bits per heavy atom. The first-order chi connectivity index (χ1) is 15.2. The number of pyridine rings is 2. The summed E-state index contributed by atoms with van der Waals surface area (Å²) in [6.07, 6.45) is 1.02. The van der Waals surface area contributed by atoms with Crippen molar-refractivity contribution in [2.75, 3.05) is 5.73 Å². The fraction of sp³-hybridized carbons (Fsp3) is 0.333. The molecule has 0 unspecified atom stereocenters. The number of rotatable bonds is 4. The van der Waals surface area contributed by atoms with Gasteiger partial charge in [-0.05, 0) is 43.5 Å². The van der Waals surface area contributed by atoms with Gasteiger partial charge in [-0.1, -0.05) is 13.0 Å². The molecule has 3 N–H and O–H groups in total. The summed E-state index contributed by atoms with van der Waals surface area (Å²) in [5, 5.41) is 11.8. The molecule has 2 aliphatic heterocycles. The number of esters is 1. The molecule has 1 aromatic carbocycles. The predicted octanol–water partition coefficient (Wildman–Crippen LogP) is 2.18. The zero-order valence-corrected chi connectivity index (χ0v) is 17.9. The quantitative estimate of drug-likeness (QED) is 0.373. The number of benzene rings is 1. The van der Waals surface area contributed by atoms with Crippen LogP contribution in [0.5, 0.6) is 0 Å². The Morgan fingerprint density at radius 3 is 2.81 bits per heavy atom. The molecule has 1 atom stereocenters. The van der Waals surface area contributed by atoms with Crippen LogP contribution in [-0.2, 0) is 39.5 Å². The minimum Gasteiger partial charge on any atom is -0.458 e. The topological polar surface area (TPSA) is 125 Å². The van der Waals surface area contributed by atoms with E-state index in [9.17, 15) is 19.5 Å². The Morgan fingerprint density at radius 1 is 1.31 bits per heavy atom. The maximum absolute atomic E-state index is 13.3. The number of nitrogen functional groups attached to an aromatic ring is 1. The minimum absolute atomic E-state index is 0.0883. The van der Waals surface area contributed by atoms with E-state index in [1.54, 1.807) is 24.5 Å². The maximum atomic E-state index is 13.3. The van der Waals surface area contributed by atoms with Gasteiger partial charge in [0, 0.05) is 28.6 Å². The van der Waals surface area contributed by atoms with Crippen LogP contribution in [-0.4, -0.2) is 26.4 Å². The van der Waals surface area contributed by atoms with Gasteiger partial charge in [0.2, 0.25) is 0 Å². The number of anilines is 1. The molecule has 8 heteroatoms. The number of aromatic nitrogens is 2. The lowest BCUT2D eigenvalue weighted by atomic mass is 9.86. The van der Waals surface area contributed by atoms with Crippen molar-refractivity contribution in [3.05, 3.63) is 56.9 Å². The van der Waals surface area contributed by atoms with Gasteiger partial charge in [0.15, 0.2) is 5.60 Å². The lowest BCUT2D eigenvalue weighted by Crippen LogP contribution is -2.44. The molecule has 4 heterocycles. The first kappa shape index (κ1) is 20.4.